The van der Waals surface area contributed by atoms with E-state index in [1.807, 2.05) is 24.3 Å². The molecular formula is C28H25ClFNO3. The van der Waals surface area contributed by atoms with Crippen LogP contribution in [0.2, 0.25) is 5.02 Å². The Morgan fingerprint density at radius 2 is 1.53 bits per heavy atom. The molecule has 4 nitrogen and oxygen atoms in total. The lowest BCUT2D eigenvalue weighted by atomic mass is 9.85. The Labute approximate surface area is 203 Å². The fraction of sp³-hybridized carbons (Fsp3) is 0.214. The van der Waals surface area contributed by atoms with Crippen LogP contribution in [0.15, 0.2) is 78.4 Å². The third-order valence-electron chi connectivity index (χ3n) is 6.02. The van der Waals surface area contributed by atoms with Gasteiger partial charge in [0, 0.05) is 17.1 Å². The fourth-order valence-electron chi connectivity index (χ4n) is 4.10. The van der Waals surface area contributed by atoms with Gasteiger partial charge in [0.15, 0.2) is 0 Å². The van der Waals surface area contributed by atoms with Crippen molar-refractivity contribution < 1.29 is 19.1 Å². The van der Waals surface area contributed by atoms with Crippen molar-refractivity contribution in [3.8, 4) is 0 Å². The number of Topliss-reactive ketones (excluding diaryl/α,β-unsaturated/α-hetero) is 1. The van der Waals surface area contributed by atoms with Crippen molar-refractivity contribution in [2.75, 3.05) is 0 Å². The van der Waals surface area contributed by atoms with Gasteiger partial charge in [-0.25, -0.2) is 4.39 Å². The minimum atomic E-state index is -0.797. The van der Waals surface area contributed by atoms with Crippen molar-refractivity contribution in [3.05, 3.63) is 111 Å². The van der Waals surface area contributed by atoms with Gasteiger partial charge in [0.2, 0.25) is 0 Å². The van der Waals surface area contributed by atoms with Crippen LogP contribution in [0, 0.1) is 5.82 Å². The number of aliphatic hydroxyl groups is 1. The van der Waals surface area contributed by atoms with Gasteiger partial charge in [-0.2, -0.15) is 0 Å². The van der Waals surface area contributed by atoms with Crippen LogP contribution in [0.25, 0.3) is 5.76 Å². The number of carbonyl (C=O) groups is 2. The highest BCUT2D eigenvalue weighted by Crippen LogP contribution is 2.41. The molecular weight excluding hydrogens is 453 g/mol. The molecule has 0 radical (unpaired) electrons. The molecule has 6 heteroatoms. The van der Waals surface area contributed by atoms with Gasteiger partial charge in [-0.1, -0.05) is 68.8 Å². The number of likely N-dealkylation sites (tertiary alicyclic amines) is 1. The summed E-state index contributed by atoms with van der Waals surface area (Å²) in [7, 11) is 0. The van der Waals surface area contributed by atoms with E-state index in [2.05, 4.69) is 20.8 Å². The van der Waals surface area contributed by atoms with E-state index >= 15 is 0 Å². The number of hydrogen-bond donors (Lipinski definition) is 1. The maximum atomic E-state index is 13.4. The Bertz CT molecular complexity index is 1260. The first-order valence-electron chi connectivity index (χ1n) is 11.0. The predicted octanol–water partition coefficient (Wildman–Crippen LogP) is 6.40. The summed E-state index contributed by atoms with van der Waals surface area (Å²) in [4.78, 5) is 27.7. The Hall–Kier alpha value is -3.44. The molecule has 0 bridgehead atoms. The van der Waals surface area contributed by atoms with Crippen LogP contribution in [0.4, 0.5) is 4.39 Å². The average Bonchev–Trinajstić information content (AvgIpc) is 3.05. The molecule has 1 atom stereocenters. The van der Waals surface area contributed by atoms with Gasteiger partial charge >= 0.3 is 0 Å². The maximum Gasteiger partial charge on any atom is 0.295 e. The summed E-state index contributed by atoms with van der Waals surface area (Å²) in [5, 5.41) is 11.6. The minimum absolute atomic E-state index is 0.0120. The van der Waals surface area contributed by atoms with Crippen LogP contribution < -0.4 is 0 Å². The monoisotopic (exact) mass is 477 g/mol. The van der Waals surface area contributed by atoms with Crippen molar-refractivity contribution in [2.45, 2.75) is 38.8 Å². The van der Waals surface area contributed by atoms with E-state index in [9.17, 15) is 19.1 Å². The van der Waals surface area contributed by atoms with E-state index in [-0.39, 0.29) is 29.1 Å². The van der Waals surface area contributed by atoms with E-state index in [1.54, 1.807) is 36.4 Å². The minimum Gasteiger partial charge on any atom is -0.507 e. The fourth-order valence-corrected chi connectivity index (χ4v) is 4.23. The third kappa shape index (κ3) is 4.62. The molecule has 3 aromatic rings. The summed E-state index contributed by atoms with van der Waals surface area (Å²) < 4.78 is 13.4. The van der Waals surface area contributed by atoms with Crippen LogP contribution in [0.3, 0.4) is 0 Å². The molecule has 1 unspecified atom stereocenters. The zero-order valence-corrected chi connectivity index (χ0v) is 19.9. The third-order valence-corrected chi connectivity index (χ3v) is 6.27. The molecule has 1 aliphatic rings. The van der Waals surface area contributed by atoms with E-state index < -0.39 is 17.7 Å². The van der Waals surface area contributed by atoms with E-state index in [0.29, 0.717) is 21.7 Å². The van der Waals surface area contributed by atoms with Crippen LogP contribution in [-0.4, -0.2) is 21.7 Å². The average molecular weight is 478 g/mol. The van der Waals surface area contributed by atoms with E-state index in [1.165, 1.54) is 17.0 Å². The number of hydrogen-bond acceptors (Lipinski definition) is 3. The molecule has 3 aromatic carbocycles. The van der Waals surface area contributed by atoms with Crippen LogP contribution in [-0.2, 0) is 21.5 Å². The summed E-state index contributed by atoms with van der Waals surface area (Å²) in [5.41, 5.74) is 2.80. The topological polar surface area (TPSA) is 57.6 Å². The van der Waals surface area contributed by atoms with Gasteiger partial charge in [0.1, 0.15) is 11.6 Å². The molecule has 1 saturated heterocycles. The van der Waals surface area contributed by atoms with Crippen molar-refractivity contribution >= 4 is 29.1 Å². The van der Waals surface area contributed by atoms with Crippen molar-refractivity contribution in [1.29, 1.82) is 0 Å². The second kappa shape index (κ2) is 9.07. The molecule has 1 amide bonds. The molecule has 1 N–H and O–H groups in total. The van der Waals surface area contributed by atoms with Gasteiger partial charge in [-0.15, -0.1) is 0 Å². The van der Waals surface area contributed by atoms with Crippen molar-refractivity contribution in [1.82, 2.24) is 4.90 Å². The second-order valence-electron chi connectivity index (χ2n) is 9.43. The molecule has 1 heterocycles. The first kappa shape index (κ1) is 23.7. The number of rotatable bonds is 4. The number of carbonyl (C=O) groups excluding carboxylic acids is 2. The number of halogens is 2. The normalized spacial score (nSPS) is 17.9. The molecule has 4 rings (SSSR count). The van der Waals surface area contributed by atoms with E-state index in [4.69, 9.17) is 11.6 Å². The standard InChI is InChI=1S/C28H25ClFNO3/c1-28(2,3)20-10-6-18(7-11-20)24-23(25(32)19-8-12-21(29)13-9-19)26(33)27(34)31(24)16-17-4-14-22(30)15-5-17/h4-15,24,32H,16H2,1-3H3/b25-23-. The largest absolute Gasteiger partial charge is 0.507 e. The number of ketones is 1. The molecule has 1 aliphatic heterocycles. The van der Waals surface area contributed by atoms with Crippen LogP contribution in [0.1, 0.15) is 49.1 Å². The smallest absolute Gasteiger partial charge is 0.295 e. The summed E-state index contributed by atoms with van der Waals surface area (Å²) in [6, 6.07) is 19.1. The molecule has 0 aliphatic carbocycles. The summed E-state index contributed by atoms with van der Waals surface area (Å²) in [6.07, 6.45) is 0. The highest BCUT2D eigenvalue weighted by Gasteiger charge is 2.46. The quantitative estimate of drug-likeness (QED) is 0.269. The van der Waals surface area contributed by atoms with Crippen LogP contribution >= 0.6 is 11.6 Å². The Morgan fingerprint density at radius 3 is 2.09 bits per heavy atom. The van der Waals surface area contributed by atoms with Gasteiger partial charge in [-0.05, 0) is 58.5 Å². The lowest BCUT2D eigenvalue weighted by Gasteiger charge is -2.26. The van der Waals surface area contributed by atoms with Crippen LogP contribution in [0.5, 0.6) is 0 Å². The zero-order valence-electron chi connectivity index (χ0n) is 19.2. The Balaban J connectivity index is 1.84. The number of aliphatic hydroxyl groups excluding tert-OH is 1. The predicted molar refractivity (Wildman–Crippen MR) is 131 cm³/mol. The first-order chi connectivity index (χ1) is 16.1. The van der Waals surface area contributed by atoms with Crippen molar-refractivity contribution in [3.63, 3.8) is 0 Å². The van der Waals surface area contributed by atoms with E-state index in [0.717, 1.165) is 5.56 Å². The molecule has 0 spiro atoms. The van der Waals surface area contributed by atoms with Gasteiger partial charge in [0.25, 0.3) is 11.7 Å². The van der Waals surface area contributed by atoms with Crippen molar-refractivity contribution in [2.24, 2.45) is 0 Å². The van der Waals surface area contributed by atoms with Gasteiger partial charge in [0.05, 0.1) is 11.6 Å². The lowest BCUT2D eigenvalue weighted by Crippen LogP contribution is -2.29. The number of benzene rings is 3. The first-order valence-corrected chi connectivity index (χ1v) is 11.3. The molecule has 34 heavy (non-hydrogen) atoms. The SMILES string of the molecule is CC(C)(C)c1ccc(C2/C(=C(/O)c3ccc(Cl)cc3)C(=O)C(=O)N2Cc2ccc(F)cc2)cc1. The van der Waals surface area contributed by atoms with Gasteiger partial charge in [-0.3, -0.25) is 9.59 Å². The summed E-state index contributed by atoms with van der Waals surface area (Å²) >= 11 is 5.97. The summed E-state index contributed by atoms with van der Waals surface area (Å²) in [5.74, 6) is -2.13. The highest BCUT2D eigenvalue weighted by atomic mass is 35.5. The molecule has 0 aromatic heterocycles. The second-order valence-corrected chi connectivity index (χ2v) is 9.87. The summed E-state index contributed by atoms with van der Waals surface area (Å²) in [6.45, 7) is 6.39. The zero-order chi connectivity index (χ0) is 24.6. The Morgan fingerprint density at radius 1 is 0.941 bits per heavy atom. The van der Waals surface area contributed by atoms with Gasteiger partial charge < -0.3 is 10.0 Å². The highest BCUT2D eigenvalue weighted by molar-refractivity contribution is 6.46. The molecule has 1 fully saturated rings. The lowest BCUT2D eigenvalue weighted by molar-refractivity contribution is -0.140. The molecule has 174 valence electrons. The molecule has 0 saturated carbocycles. The number of nitrogens with zero attached hydrogens (tertiary/aromatic N) is 1. The Kier molecular flexibility index (Phi) is 6.32. The maximum absolute atomic E-state index is 13.4. The number of amides is 1.